The standard InChI is InChI=1S/C15H22ClN3O/c1-9(14-6-11-3-4-12(14)5-11)18-15(20)10(2)19-8-13(16)7-17-19/h7-12,14H,3-6H2,1-2H3,(H,18,20). The lowest BCUT2D eigenvalue weighted by atomic mass is 9.84. The van der Waals surface area contributed by atoms with Crippen LogP contribution in [0.2, 0.25) is 5.02 Å². The van der Waals surface area contributed by atoms with E-state index in [4.69, 9.17) is 11.6 Å². The Kier molecular flexibility index (Phi) is 3.76. The van der Waals surface area contributed by atoms with E-state index in [1.54, 1.807) is 17.1 Å². The van der Waals surface area contributed by atoms with Crippen molar-refractivity contribution in [3.05, 3.63) is 17.4 Å². The highest BCUT2D eigenvalue weighted by Crippen LogP contribution is 2.49. The summed E-state index contributed by atoms with van der Waals surface area (Å²) in [4.78, 5) is 12.3. The minimum absolute atomic E-state index is 0.0278. The molecule has 2 fully saturated rings. The van der Waals surface area contributed by atoms with Gasteiger partial charge in [0.25, 0.3) is 0 Å². The topological polar surface area (TPSA) is 46.9 Å². The number of nitrogens with zero attached hydrogens (tertiary/aromatic N) is 2. The molecular weight excluding hydrogens is 274 g/mol. The molecule has 2 aliphatic rings. The second-order valence-electron chi connectivity index (χ2n) is 6.45. The molecule has 0 aromatic carbocycles. The highest BCUT2D eigenvalue weighted by atomic mass is 35.5. The van der Waals surface area contributed by atoms with Gasteiger partial charge in [-0.3, -0.25) is 9.48 Å². The summed E-state index contributed by atoms with van der Waals surface area (Å²) in [7, 11) is 0. The molecule has 3 rings (SSSR count). The van der Waals surface area contributed by atoms with Gasteiger partial charge in [-0.05, 0) is 50.9 Å². The summed E-state index contributed by atoms with van der Waals surface area (Å²) in [6.45, 7) is 4.00. The Hall–Kier alpha value is -1.03. The van der Waals surface area contributed by atoms with Gasteiger partial charge in [-0.25, -0.2) is 0 Å². The number of rotatable bonds is 4. The first kappa shape index (κ1) is 13.9. The van der Waals surface area contributed by atoms with Crippen molar-refractivity contribution in [1.82, 2.24) is 15.1 Å². The van der Waals surface area contributed by atoms with Gasteiger partial charge in [0.15, 0.2) is 0 Å². The largest absolute Gasteiger partial charge is 0.352 e. The molecule has 5 atom stereocenters. The van der Waals surface area contributed by atoms with Gasteiger partial charge in [0.05, 0.1) is 11.2 Å². The molecule has 1 heterocycles. The predicted octanol–water partition coefficient (Wildman–Crippen LogP) is 3.04. The fourth-order valence-electron chi connectivity index (χ4n) is 4.01. The van der Waals surface area contributed by atoms with E-state index in [9.17, 15) is 4.79 Å². The van der Waals surface area contributed by atoms with Crippen molar-refractivity contribution < 1.29 is 4.79 Å². The average Bonchev–Trinajstić information content (AvgIpc) is 3.13. The minimum Gasteiger partial charge on any atom is -0.352 e. The molecule has 5 heteroatoms. The third kappa shape index (κ3) is 2.58. The zero-order chi connectivity index (χ0) is 14.3. The van der Waals surface area contributed by atoms with E-state index in [1.807, 2.05) is 6.92 Å². The number of nitrogens with one attached hydrogen (secondary N) is 1. The Balaban J connectivity index is 1.58. The molecule has 0 aliphatic heterocycles. The van der Waals surface area contributed by atoms with E-state index >= 15 is 0 Å². The molecule has 2 aliphatic carbocycles. The van der Waals surface area contributed by atoms with Crippen LogP contribution >= 0.6 is 11.6 Å². The van der Waals surface area contributed by atoms with Gasteiger partial charge in [-0.2, -0.15) is 5.10 Å². The molecule has 1 amide bonds. The van der Waals surface area contributed by atoms with Crippen molar-refractivity contribution in [3.8, 4) is 0 Å². The number of hydrogen-bond donors (Lipinski definition) is 1. The van der Waals surface area contributed by atoms with E-state index in [0.29, 0.717) is 10.9 Å². The molecule has 0 radical (unpaired) electrons. The van der Waals surface area contributed by atoms with Gasteiger partial charge >= 0.3 is 0 Å². The number of aromatic nitrogens is 2. The second-order valence-corrected chi connectivity index (χ2v) is 6.89. The van der Waals surface area contributed by atoms with E-state index in [2.05, 4.69) is 17.3 Å². The summed E-state index contributed by atoms with van der Waals surface area (Å²) in [6, 6.07) is -0.0603. The van der Waals surface area contributed by atoms with Crippen molar-refractivity contribution in [2.75, 3.05) is 0 Å². The number of halogens is 1. The van der Waals surface area contributed by atoms with Crippen LogP contribution in [0.1, 0.15) is 45.6 Å². The van der Waals surface area contributed by atoms with Crippen LogP contribution in [-0.2, 0) is 4.79 Å². The molecule has 5 unspecified atom stereocenters. The fraction of sp³-hybridized carbons (Fsp3) is 0.733. The molecule has 2 bridgehead atoms. The smallest absolute Gasteiger partial charge is 0.244 e. The summed E-state index contributed by atoms with van der Waals surface area (Å²) < 4.78 is 1.62. The molecule has 2 saturated carbocycles. The van der Waals surface area contributed by atoms with Crippen LogP contribution in [0.5, 0.6) is 0 Å². The van der Waals surface area contributed by atoms with Gasteiger partial charge in [-0.15, -0.1) is 0 Å². The Morgan fingerprint density at radius 1 is 1.45 bits per heavy atom. The van der Waals surface area contributed by atoms with Crippen LogP contribution in [-0.4, -0.2) is 21.7 Å². The molecule has 110 valence electrons. The minimum atomic E-state index is -0.316. The molecule has 1 aromatic heterocycles. The van der Waals surface area contributed by atoms with Crippen LogP contribution in [0, 0.1) is 17.8 Å². The third-order valence-corrected chi connectivity index (χ3v) is 5.35. The van der Waals surface area contributed by atoms with Gasteiger partial charge in [0.2, 0.25) is 5.91 Å². The Morgan fingerprint density at radius 2 is 2.25 bits per heavy atom. The van der Waals surface area contributed by atoms with E-state index in [1.165, 1.54) is 25.7 Å². The van der Waals surface area contributed by atoms with Crippen LogP contribution in [0.25, 0.3) is 0 Å². The van der Waals surface area contributed by atoms with Crippen molar-refractivity contribution >= 4 is 17.5 Å². The highest BCUT2D eigenvalue weighted by molar-refractivity contribution is 6.30. The van der Waals surface area contributed by atoms with E-state index in [-0.39, 0.29) is 18.0 Å². The molecular formula is C15H22ClN3O. The number of carbonyl (C=O) groups excluding carboxylic acids is 1. The molecule has 1 aromatic rings. The van der Waals surface area contributed by atoms with Gasteiger partial charge in [0.1, 0.15) is 6.04 Å². The Bertz CT molecular complexity index is 501. The summed E-state index contributed by atoms with van der Waals surface area (Å²) in [6.07, 6.45) is 8.64. The number of fused-ring (bicyclic) bond motifs is 2. The van der Waals surface area contributed by atoms with Crippen LogP contribution in [0.3, 0.4) is 0 Å². The van der Waals surface area contributed by atoms with Crippen molar-refractivity contribution in [3.63, 3.8) is 0 Å². The normalized spacial score (nSPS) is 31.2. The SMILES string of the molecule is CC(NC(=O)C(C)n1cc(Cl)cn1)C1CC2CCC1C2. The summed E-state index contributed by atoms with van der Waals surface area (Å²) in [5, 5.41) is 7.84. The number of carbonyl (C=O) groups is 1. The average molecular weight is 296 g/mol. The Morgan fingerprint density at radius 3 is 2.80 bits per heavy atom. The lowest BCUT2D eigenvalue weighted by molar-refractivity contribution is -0.125. The first-order valence-corrected chi connectivity index (χ1v) is 7.92. The molecule has 0 saturated heterocycles. The first-order chi connectivity index (χ1) is 9.54. The van der Waals surface area contributed by atoms with E-state index in [0.717, 1.165) is 11.8 Å². The fourth-order valence-corrected chi connectivity index (χ4v) is 4.15. The Labute approximate surface area is 124 Å². The monoisotopic (exact) mass is 295 g/mol. The molecule has 0 spiro atoms. The maximum Gasteiger partial charge on any atom is 0.244 e. The molecule has 1 N–H and O–H groups in total. The van der Waals surface area contributed by atoms with Gasteiger partial charge in [-0.1, -0.05) is 18.0 Å². The molecule has 20 heavy (non-hydrogen) atoms. The lowest BCUT2D eigenvalue weighted by Crippen LogP contribution is -2.43. The van der Waals surface area contributed by atoms with Crippen molar-refractivity contribution in [2.24, 2.45) is 17.8 Å². The van der Waals surface area contributed by atoms with Crippen LogP contribution in [0.4, 0.5) is 0 Å². The first-order valence-electron chi connectivity index (χ1n) is 7.54. The van der Waals surface area contributed by atoms with Gasteiger partial charge < -0.3 is 5.32 Å². The predicted molar refractivity (Wildman–Crippen MR) is 78.5 cm³/mol. The summed E-state index contributed by atoms with van der Waals surface area (Å²) >= 11 is 5.85. The van der Waals surface area contributed by atoms with Gasteiger partial charge in [0, 0.05) is 12.2 Å². The van der Waals surface area contributed by atoms with Crippen molar-refractivity contribution in [1.29, 1.82) is 0 Å². The zero-order valence-electron chi connectivity index (χ0n) is 12.1. The lowest BCUT2D eigenvalue weighted by Gasteiger charge is -2.29. The second kappa shape index (κ2) is 5.40. The highest BCUT2D eigenvalue weighted by Gasteiger charge is 2.42. The number of amides is 1. The maximum absolute atomic E-state index is 12.3. The van der Waals surface area contributed by atoms with E-state index < -0.39 is 0 Å². The zero-order valence-corrected chi connectivity index (χ0v) is 12.8. The maximum atomic E-state index is 12.3. The molecule has 4 nitrogen and oxygen atoms in total. The quantitative estimate of drug-likeness (QED) is 0.928. The summed E-state index contributed by atoms with van der Waals surface area (Å²) in [5.74, 6) is 2.42. The number of hydrogen-bond acceptors (Lipinski definition) is 2. The third-order valence-electron chi connectivity index (χ3n) is 5.15. The van der Waals surface area contributed by atoms with Crippen LogP contribution in [0.15, 0.2) is 12.4 Å². The summed E-state index contributed by atoms with van der Waals surface area (Å²) in [5.41, 5.74) is 0. The van der Waals surface area contributed by atoms with Crippen molar-refractivity contribution in [2.45, 2.75) is 51.6 Å². The van der Waals surface area contributed by atoms with Crippen LogP contribution < -0.4 is 5.32 Å².